The molecule has 116 valence electrons. The SMILES string of the molecule is COc1ccc(NC(=O)CN2CCC(N)C(C)(C)C2)cc1. The second-order valence-corrected chi connectivity index (χ2v) is 6.37. The predicted molar refractivity (Wildman–Crippen MR) is 84.4 cm³/mol. The molecule has 0 saturated carbocycles. The predicted octanol–water partition coefficient (Wildman–Crippen LogP) is 1.69. The zero-order chi connectivity index (χ0) is 15.5. The van der Waals surface area contributed by atoms with Crippen LogP contribution < -0.4 is 15.8 Å². The summed E-state index contributed by atoms with van der Waals surface area (Å²) in [6, 6.07) is 7.55. The number of rotatable bonds is 4. The lowest BCUT2D eigenvalue weighted by Crippen LogP contribution is -2.53. The number of ether oxygens (including phenoxy) is 1. The standard InChI is InChI=1S/C16H25N3O2/c1-16(2)11-19(9-8-14(16)17)10-15(20)18-12-4-6-13(21-3)7-5-12/h4-7,14H,8-11,17H2,1-3H3,(H,18,20). The number of piperidine rings is 1. The second kappa shape index (κ2) is 6.45. The van der Waals surface area contributed by atoms with E-state index >= 15 is 0 Å². The molecule has 1 aromatic rings. The topological polar surface area (TPSA) is 67.6 Å². The molecule has 1 atom stereocenters. The van der Waals surface area contributed by atoms with E-state index in [1.165, 1.54) is 0 Å². The summed E-state index contributed by atoms with van der Waals surface area (Å²) in [5, 5.41) is 2.91. The molecule has 1 aromatic carbocycles. The Bertz CT molecular complexity index is 485. The van der Waals surface area contributed by atoms with Gasteiger partial charge in [-0.05, 0) is 36.1 Å². The first-order valence-corrected chi connectivity index (χ1v) is 7.32. The van der Waals surface area contributed by atoms with E-state index in [9.17, 15) is 4.79 Å². The van der Waals surface area contributed by atoms with Crippen LogP contribution in [-0.4, -0.2) is 43.6 Å². The van der Waals surface area contributed by atoms with Crippen molar-refractivity contribution in [2.75, 3.05) is 32.1 Å². The van der Waals surface area contributed by atoms with Crippen LogP contribution in [0.15, 0.2) is 24.3 Å². The van der Waals surface area contributed by atoms with Crippen LogP contribution in [0.2, 0.25) is 0 Å². The molecule has 0 aromatic heterocycles. The van der Waals surface area contributed by atoms with E-state index in [1.54, 1.807) is 7.11 Å². The third-order valence-corrected chi connectivity index (χ3v) is 4.13. The summed E-state index contributed by atoms with van der Waals surface area (Å²) < 4.78 is 5.10. The minimum atomic E-state index is 0.00596. The highest BCUT2D eigenvalue weighted by molar-refractivity contribution is 5.92. The van der Waals surface area contributed by atoms with Gasteiger partial charge in [-0.25, -0.2) is 0 Å². The summed E-state index contributed by atoms with van der Waals surface area (Å²) >= 11 is 0. The summed E-state index contributed by atoms with van der Waals surface area (Å²) in [6.07, 6.45) is 0.933. The number of anilines is 1. The number of amides is 1. The maximum absolute atomic E-state index is 12.1. The first-order chi connectivity index (χ1) is 9.90. The quantitative estimate of drug-likeness (QED) is 0.886. The van der Waals surface area contributed by atoms with Crippen molar-refractivity contribution >= 4 is 11.6 Å². The largest absolute Gasteiger partial charge is 0.497 e. The van der Waals surface area contributed by atoms with Gasteiger partial charge in [0.2, 0.25) is 5.91 Å². The molecule has 2 rings (SSSR count). The van der Waals surface area contributed by atoms with E-state index in [0.29, 0.717) is 6.54 Å². The van der Waals surface area contributed by atoms with Crippen molar-refractivity contribution in [2.24, 2.45) is 11.1 Å². The molecule has 5 nitrogen and oxygen atoms in total. The van der Waals surface area contributed by atoms with Crippen LogP contribution in [0.4, 0.5) is 5.69 Å². The Morgan fingerprint density at radius 2 is 2.10 bits per heavy atom. The van der Waals surface area contributed by atoms with Crippen LogP contribution in [0.5, 0.6) is 5.75 Å². The van der Waals surface area contributed by atoms with E-state index < -0.39 is 0 Å². The Hall–Kier alpha value is -1.59. The van der Waals surface area contributed by atoms with Gasteiger partial charge in [-0.2, -0.15) is 0 Å². The Labute approximate surface area is 126 Å². The zero-order valence-electron chi connectivity index (χ0n) is 13.1. The molecular weight excluding hydrogens is 266 g/mol. The first kappa shape index (κ1) is 15.8. The first-order valence-electron chi connectivity index (χ1n) is 7.32. The average molecular weight is 291 g/mol. The van der Waals surface area contributed by atoms with Gasteiger partial charge in [0.25, 0.3) is 0 Å². The molecule has 1 heterocycles. The fourth-order valence-corrected chi connectivity index (χ4v) is 2.70. The van der Waals surface area contributed by atoms with Crippen LogP contribution >= 0.6 is 0 Å². The summed E-state index contributed by atoms with van der Waals surface area (Å²) in [7, 11) is 1.62. The number of nitrogens with zero attached hydrogens (tertiary/aromatic N) is 1. The fraction of sp³-hybridized carbons (Fsp3) is 0.562. The Kier molecular flexibility index (Phi) is 4.85. The number of hydrogen-bond donors (Lipinski definition) is 2. The van der Waals surface area contributed by atoms with E-state index in [0.717, 1.165) is 30.9 Å². The van der Waals surface area contributed by atoms with E-state index in [4.69, 9.17) is 10.5 Å². The Morgan fingerprint density at radius 1 is 1.43 bits per heavy atom. The van der Waals surface area contributed by atoms with Gasteiger partial charge >= 0.3 is 0 Å². The number of methoxy groups -OCH3 is 1. The maximum atomic E-state index is 12.1. The third kappa shape index (κ3) is 4.19. The highest BCUT2D eigenvalue weighted by atomic mass is 16.5. The lowest BCUT2D eigenvalue weighted by atomic mass is 9.80. The van der Waals surface area contributed by atoms with Crippen molar-refractivity contribution in [1.29, 1.82) is 0 Å². The van der Waals surface area contributed by atoms with Gasteiger partial charge in [0.1, 0.15) is 5.75 Å². The molecule has 1 aliphatic heterocycles. The van der Waals surface area contributed by atoms with Crippen LogP contribution in [-0.2, 0) is 4.79 Å². The van der Waals surface area contributed by atoms with Gasteiger partial charge < -0.3 is 15.8 Å². The molecule has 0 radical (unpaired) electrons. The van der Waals surface area contributed by atoms with Crippen LogP contribution in [0.25, 0.3) is 0 Å². The monoisotopic (exact) mass is 291 g/mol. The van der Waals surface area contributed by atoms with Gasteiger partial charge in [0.05, 0.1) is 13.7 Å². The lowest BCUT2D eigenvalue weighted by molar-refractivity contribution is -0.118. The van der Waals surface area contributed by atoms with Gasteiger partial charge in [0, 0.05) is 24.8 Å². The van der Waals surface area contributed by atoms with Gasteiger partial charge in [-0.1, -0.05) is 13.8 Å². The second-order valence-electron chi connectivity index (χ2n) is 6.37. The molecule has 0 bridgehead atoms. The third-order valence-electron chi connectivity index (χ3n) is 4.13. The molecule has 1 saturated heterocycles. The normalized spacial score (nSPS) is 21.8. The number of nitrogens with two attached hydrogens (primary N) is 1. The van der Waals surface area contributed by atoms with Crippen molar-refractivity contribution in [1.82, 2.24) is 4.90 Å². The zero-order valence-corrected chi connectivity index (χ0v) is 13.1. The number of likely N-dealkylation sites (tertiary alicyclic amines) is 1. The average Bonchev–Trinajstić information content (AvgIpc) is 2.43. The molecule has 5 heteroatoms. The smallest absolute Gasteiger partial charge is 0.238 e. The number of carbonyl (C=O) groups is 1. The van der Waals surface area contributed by atoms with E-state index in [2.05, 4.69) is 24.1 Å². The lowest BCUT2D eigenvalue weighted by Gasteiger charge is -2.42. The number of nitrogens with one attached hydrogen (secondary N) is 1. The molecule has 1 amide bonds. The molecule has 1 unspecified atom stereocenters. The minimum absolute atomic E-state index is 0.00596. The van der Waals surface area contributed by atoms with Crippen molar-refractivity contribution in [3.8, 4) is 5.75 Å². The summed E-state index contributed by atoms with van der Waals surface area (Å²) in [5.41, 5.74) is 6.96. The van der Waals surface area contributed by atoms with Crippen molar-refractivity contribution in [2.45, 2.75) is 26.3 Å². The van der Waals surface area contributed by atoms with E-state index in [1.807, 2.05) is 24.3 Å². The molecule has 3 N–H and O–H groups in total. The molecule has 1 aliphatic rings. The maximum Gasteiger partial charge on any atom is 0.238 e. The summed E-state index contributed by atoms with van der Waals surface area (Å²) in [5.74, 6) is 0.784. The van der Waals surface area contributed by atoms with Crippen LogP contribution in [0.1, 0.15) is 20.3 Å². The van der Waals surface area contributed by atoms with Gasteiger partial charge in [-0.3, -0.25) is 9.69 Å². The van der Waals surface area contributed by atoms with Gasteiger partial charge in [-0.15, -0.1) is 0 Å². The highest BCUT2D eigenvalue weighted by Gasteiger charge is 2.33. The Morgan fingerprint density at radius 3 is 2.67 bits per heavy atom. The molecule has 0 aliphatic carbocycles. The molecule has 1 fully saturated rings. The van der Waals surface area contributed by atoms with Crippen LogP contribution in [0.3, 0.4) is 0 Å². The fourth-order valence-electron chi connectivity index (χ4n) is 2.70. The van der Waals surface area contributed by atoms with Crippen molar-refractivity contribution in [3.63, 3.8) is 0 Å². The van der Waals surface area contributed by atoms with Crippen LogP contribution in [0, 0.1) is 5.41 Å². The van der Waals surface area contributed by atoms with Gasteiger partial charge in [0.15, 0.2) is 0 Å². The molecular formula is C16H25N3O2. The summed E-state index contributed by atoms with van der Waals surface area (Å²) in [4.78, 5) is 14.3. The summed E-state index contributed by atoms with van der Waals surface area (Å²) in [6.45, 7) is 6.45. The van der Waals surface area contributed by atoms with E-state index in [-0.39, 0.29) is 17.4 Å². The number of benzene rings is 1. The molecule has 0 spiro atoms. The Balaban J connectivity index is 1.87. The highest BCUT2D eigenvalue weighted by Crippen LogP contribution is 2.27. The molecule has 21 heavy (non-hydrogen) atoms. The van der Waals surface area contributed by atoms with Crippen molar-refractivity contribution in [3.05, 3.63) is 24.3 Å². The van der Waals surface area contributed by atoms with Crippen molar-refractivity contribution < 1.29 is 9.53 Å². The minimum Gasteiger partial charge on any atom is -0.497 e. The number of carbonyl (C=O) groups excluding carboxylic acids is 1. The number of hydrogen-bond acceptors (Lipinski definition) is 4.